The molecule has 1 heterocycles. The monoisotopic (exact) mass is 480 g/mol. The molecule has 1 aliphatic rings. The zero-order valence-electron chi connectivity index (χ0n) is 11.0. The van der Waals surface area contributed by atoms with Crippen LogP contribution in [0.15, 0.2) is 22.7 Å². The van der Waals surface area contributed by atoms with Crippen LogP contribution in [0.1, 0.15) is 37.3 Å². The molecule has 0 saturated heterocycles. The molecule has 0 unspecified atom stereocenters. The Morgan fingerprint density at radius 2 is 1.95 bits per heavy atom. The Morgan fingerprint density at radius 1 is 1.24 bits per heavy atom. The van der Waals surface area contributed by atoms with Crippen molar-refractivity contribution in [2.45, 2.75) is 31.6 Å². The Bertz CT molecular complexity index is 690. The van der Waals surface area contributed by atoms with Crippen molar-refractivity contribution in [3.05, 3.63) is 42.9 Å². The van der Waals surface area contributed by atoms with Crippen molar-refractivity contribution in [2.75, 3.05) is 0 Å². The third kappa shape index (κ3) is 3.24. The molecule has 1 saturated carbocycles. The summed E-state index contributed by atoms with van der Waals surface area (Å²) in [7, 11) is 0. The molecular formula is C15H12BrClFIN2. The van der Waals surface area contributed by atoms with Gasteiger partial charge in [-0.3, -0.25) is 0 Å². The van der Waals surface area contributed by atoms with E-state index in [4.69, 9.17) is 11.6 Å². The number of aromatic nitrogens is 2. The van der Waals surface area contributed by atoms with Crippen LogP contribution in [0.2, 0.25) is 5.15 Å². The van der Waals surface area contributed by atoms with Gasteiger partial charge in [0.1, 0.15) is 11.0 Å². The smallest absolute Gasteiger partial charge is 0.162 e. The van der Waals surface area contributed by atoms with Gasteiger partial charge in [0.05, 0.1) is 9.26 Å². The van der Waals surface area contributed by atoms with Crippen LogP contribution in [-0.2, 0) is 0 Å². The number of rotatable bonds is 2. The lowest BCUT2D eigenvalue weighted by Crippen LogP contribution is -2.05. The molecule has 2 aromatic rings. The van der Waals surface area contributed by atoms with E-state index >= 15 is 0 Å². The van der Waals surface area contributed by atoms with E-state index in [1.54, 1.807) is 6.07 Å². The number of nitrogens with zero attached hydrogens (tertiary/aromatic N) is 2. The summed E-state index contributed by atoms with van der Waals surface area (Å²) in [6.45, 7) is 0. The van der Waals surface area contributed by atoms with E-state index in [2.05, 4.69) is 48.5 Å². The summed E-state index contributed by atoms with van der Waals surface area (Å²) in [6, 6.07) is 4.50. The Balaban J connectivity index is 2.13. The molecule has 0 radical (unpaired) electrons. The molecule has 0 atom stereocenters. The summed E-state index contributed by atoms with van der Waals surface area (Å²) in [6.07, 6.45) is 4.71. The normalized spacial score (nSPS) is 15.6. The molecule has 2 nitrogen and oxygen atoms in total. The molecule has 0 N–H and O–H groups in total. The Labute approximate surface area is 149 Å². The summed E-state index contributed by atoms with van der Waals surface area (Å²) in [4.78, 5) is 9.01. The van der Waals surface area contributed by atoms with Crippen LogP contribution in [0, 0.1) is 9.39 Å². The SMILES string of the molecule is Fc1ccc(Br)c(-c2nc(Cl)c(I)c(C3CCCC3)n2)c1. The van der Waals surface area contributed by atoms with Crippen LogP contribution in [-0.4, -0.2) is 9.97 Å². The average Bonchev–Trinajstić information content (AvgIpc) is 2.98. The molecule has 1 aromatic carbocycles. The minimum atomic E-state index is -0.311. The molecule has 0 spiro atoms. The van der Waals surface area contributed by atoms with Crippen LogP contribution in [0.25, 0.3) is 11.4 Å². The average molecular weight is 482 g/mol. The first kappa shape index (κ1) is 15.6. The van der Waals surface area contributed by atoms with Gasteiger partial charge in [-0.1, -0.05) is 40.4 Å². The highest BCUT2D eigenvalue weighted by Crippen LogP contribution is 2.38. The molecule has 0 bridgehead atoms. The molecule has 1 aromatic heterocycles. The van der Waals surface area contributed by atoms with Crippen molar-refractivity contribution < 1.29 is 4.39 Å². The van der Waals surface area contributed by atoms with Crippen molar-refractivity contribution >= 4 is 50.1 Å². The summed E-state index contributed by atoms with van der Waals surface area (Å²) >= 11 is 11.9. The third-order valence-corrected chi connectivity index (χ3v) is 6.09. The fraction of sp³-hybridized carbons (Fsp3) is 0.333. The lowest BCUT2D eigenvalue weighted by Gasteiger charge is -2.14. The highest BCUT2D eigenvalue weighted by atomic mass is 127. The Morgan fingerprint density at radius 3 is 2.67 bits per heavy atom. The van der Waals surface area contributed by atoms with Crippen LogP contribution >= 0.6 is 50.1 Å². The first-order chi connectivity index (χ1) is 10.1. The van der Waals surface area contributed by atoms with Gasteiger partial charge in [0.15, 0.2) is 5.82 Å². The molecule has 21 heavy (non-hydrogen) atoms. The second-order valence-corrected chi connectivity index (χ2v) is 7.43. The van der Waals surface area contributed by atoms with Crippen molar-refractivity contribution in [3.63, 3.8) is 0 Å². The van der Waals surface area contributed by atoms with Gasteiger partial charge >= 0.3 is 0 Å². The van der Waals surface area contributed by atoms with Gasteiger partial charge in [0.25, 0.3) is 0 Å². The Hall–Kier alpha value is -0.270. The van der Waals surface area contributed by atoms with Gasteiger partial charge in [-0.25, -0.2) is 14.4 Å². The topological polar surface area (TPSA) is 25.8 Å². The number of halogens is 4. The van der Waals surface area contributed by atoms with E-state index in [0.29, 0.717) is 22.5 Å². The second-order valence-electron chi connectivity index (χ2n) is 5.14. The maximum atomic E-state index is 13.5. The molecule has 6 heteroatoms. The van der Waals surface area contributed by atoms with Crippen LogP contribution in [0.5, 0.6) is 0 Å². The van der Waals surface area contributed by atoms with Crippen LogP contribution in [0.3, 0.4) is 0 Å². The number of benzene rings is 1. The van der Waals surface area contributed by atoms with E-state index < -0.39 is 0 Å². The molecule has 0 aliphatic heterocycles. The quantitative estimate of drug-likeness (QED) is 0.391. The highest BCUT2D eigenvalue weighted by molar-refractivity contribution is 14.1. The summed E-state index contributed by atoms with van der Waals surface area (Å²) in [5.41, 5.74) is 1.63. The zero-order chi connectivity index (χ0) is 15.0. The van der Waals surface area contributed by atoms with Gasteiger partial charge in [0, 0.05) is 16.0 Å². The maximum Gasteiger partial charge on any atom is 0.162 e. The predicted octanol–water partition coefficient (Wildman–Crippen LogP) is 5.96. The predicted molar refractivity (Wildman–Crippen MR) is 94.1 cm³/mol. The zero-order valence-corrected chi connectivity index (χ0v) is 15.5. The Kier molecular flexibility index (Phi) is 4.81. The fourth-order valence-electron chi connectivity index (χ4n) is 2.69. The largest absolute Gasteiger partial charge is 0.232 e. The maximum absolute atomic E-state index is 13.5. The second kappa shape index (κ2) is 6.46. The summed E-state index contributed by atoms with van der Waals surface area (Å²) in [5, 5.41) is 0.443. The summed E-state index contributed by atoms with van der Waals surface area (Å²) in [5.74, 6) is 0.603. The molecular weight excluding hydrogens is 469 g/mol. The van der Waals surface area contributed by atoms with E-state index in [1.165, 1.54) is 25.0 Å². The number of hydrogen-bond donors (Lipinski definition) is 0. The highest BCUT2D eigenvalue weighted by Gasteiger charge is 2.24. The van der Waals surface area contributed by atoms with Gasteiger partial charge in [-0.2, -0.15) is 0 Å². The van der Waals surface area contributed by atoms with Gasteiger partial charge in [0.2, 0.25) is 0 Å². The lowest BCUT2D eigenvalue weighted by atomic mass is 10.0. The molecule has 1 aliphatic carbocycles. The van der Waals surface area contributed by atoms with E-state index in [0.717, 1.165) is 26.6 Å². The van der Waals surface area contributed by atoms with E-state index in [1.807, 2.05) is 0 Å². The molecule has 110 valence electrons. The molecule has 0 amide bonds. The minimum absolute atomic E-state index is 0.311. The lowest BCUT2D eigenvalue weighted by molar-refractivity contribution is 0.627. The first-order valence-electron chi connectivity index (χ1n) is 6.74. The van der Waals surface area contributed by atoms with Gasteiger partial charge in [-0.05, 0) is 53.6 Å². The summed E-state index contributed by atoms with van der Waals surface area (Å²) < 4.78 is 15.2. The fourth-order valence-corrected chi connectivity index (χ4v) is 3.98. The third-order valence-electron chi connectivity index (χ3n) is 3.75. The van der Waals surface area contributed by atoms with E-state index in [-0.39, 0.29) is 5.82 Å². The minimum Gasteiger partial charge on any atom is -0.232 e. The van der Waals surface area contributed by atoms with Crippen molar-refractivity contribution in [1.29, 1.82) is 0 Å². The van der Waals surface area contributed by atoms with Crippen molar-refractivity contribution in [3.8, 4) is 11.4 Å². The van der Waals surface area contributed by atoms with Gasteiger partial charge in [-0.15, -0.1) is 0 Å². The number of hydrogen-bond acceptors (Lipinski definition) is 2. The first-order valence-corrected chi connectivity index (χ1v) is 8.99. The molecule has 1 fully saturated rings. The van der Waals surface area contributed by atoms with Crippen molar-refractivity contribution in [2.24, 2.45) is 0 Å². The van der Waals surface area contributed by atoms with Crippen LogP contribution in [0.4, 0.5) is 4.39 Å². The van der Waals surface area contributed by atoms with Gasteiger partial charge < -0.3 is 0 Å². The van der Waals surface area contributed by atoms with Crippen LogP contribution < -0.4 is 0 Å². The van der Waals surface area contributed by atoms with E-state index in [9.17, 15) is 4.39 Å². The van der Waals surface area contributed by atoms with Crippen molar-refractivity contribution in [1.82, 2.24) is 9.97 Å². The molecule has 3 rings (SSSR count). The standard InChI is InChI=1S/C15H12BrClFIN2/c16-11-6-5-9(18)7-10(11)15-20-13(8-3-1-2-4-8)12(19)14(17)21-15/h5-8H,1-4H2.